The van der Waals surface area contributed by atoms with Crippen molar-refractivity contribution in [3.63, 3.8) is 0 Å². The second-order valence-corrected chi connectivity index (χ2v) is 3.74. The van der Waals surface area contributed by atoms with Crippen LogP contribution in [0, 0.1) is 5.92 Å². The molecule has 2 heteroatoms. The Bertz CT molecular complexity index is 85.0. The fraction of sp³-hybridized carbons (Fsp3) is 1.00. The average Bonchev–Trinajstić information content (AvgIpc) is 1.89. The lowest BCUT2D eigenvalue weighted by Crippen LogP contribution is -2.20. The summed E-state index contributed by atoms with van der Waals surface area (Å²) in [6.45, 7) is 0. The van der Waals surface area contributed by atoms with Crippen molar-refractivity contribution in [2.45, 2.75) is 30.9 Å². The monoisotopic (exact) mass is 164 g/mol. The van der Waals surface area contributed by atoms with E-state index in [-0.39, 0.29) is 0 Å². The molecule has 1 aliphatic rings. The van der Waals surface area contributed by atoms with Crippen molar-refractivity contribution in [3.8, 4) is 0 Å². The Hall–Kier alpha value is 0.640. The minimum atomic E-state index is 0.580. The molecule has 1 fully saturated rings. The van der Waals surface area contributed by atoms with Gasteiger partial charge in [-0.3, -0.25) is 0 Å². The molecule has 0 nitrogen and oxygen atoms in total. The van der Waals surface area contributed by atoms with E-state index in [0.717, 1.165) is 5.88 Å². The van der Waals surface area contributed by atoms with Gasteiger partial charge in [0.25, 0.3) is 0 Å². The summed E-state index contributed by atoms with van der Waals surface area (Å²) in [6.07, 6.45) is 5.26. The molecular weight excluding hydrogens is 152 g/mol. The maximum atomic E-state index is 5.73. The molecule has 0 N–H and O–H groups in total. The molecule has 0 aromatic rings. The smallest absolute Gasteiger partial charge is 0.0262 e. The van der Waals surface area contributed by atoms with Crippen LogP contribution in [0.25, 0.3) is 0 Å². The van der Waals surface area contributed by atoms with E-state index in [1.807, 2.05) is 0 Å². The van der Waals surface area contributed by atoms with Gasteiger partial charge in [0.1, 0.15) is 0 Å². The van der Waals surface area contributed by atoms with Crippen LogP contribution in [0.1, 0.15) is 25.7 Å². The molecular formula is C7H13ClS. The molecule has 0 bridgehead atoms. The highest BCUT2D eigenvalue weighted by molar-refractivity contribution is 7.81. The molecule has 0 aromatic heterocycles. The zero-order valence-corrected chi connectivity index (χ0v) is 7.17. The van der Waals surface area contributed by atoms with Crippen molar-refractivity contribution in [2.24, 2.45) is 5.92 Å². The van der Waals surface area contributed by atoms with E-state index in [1.165, 1.54) is 25.7 Å². The molecule has 0 heterocycles. The summed E-state index contributed by atoms with van der Waals surface area (Å²) < 4.78 is 0. The number of rotatable bonds is 1. The molecule has 0 radical (unpaired) electrons. The molecule has 0 aromatic carbocycles. The van der Waals surface area contributed by atoms with E-state index in [9.17, 15) is 0 Å². The predicted molar refractivity (Wildman–Crippen MR) is 45.5 cm³/mol. The molecule has 2 atom stereocenters. The van der Waals surface area contributed by atoms with Gasteiger partial charge in [-0.15, -0.1) is 11.6 Å². The van der Waals surface area contributed by atoms with Crippen molar-refractivity contribution in [1.82, 2.24) is 0 Å². The number of thiol groups is 1. The third-order valence-corrected chi connectivity index (χ3v) is 3.14. The number of hydrogen-bond acceptors (Lipinski definition) is 1. The summed E-state index contributed by atoms with van der Waals surface area (Å²) in [5.41, 5.74) is 0. The van der Waals surface area contributed by atoms with Crippen LogP contribution in [0.3, 0.4) is 0 Å². The SMILES string of the molecule is S[C@H]1CCCC[C@H]1CCl. The van der Waals surface area contributed by atoms with Gasteiger partial charge in [-0.25, -0.2) is 0 Å². The second-order valence-electron chi connectivity index (χ2n) is 2.77. The minimum absolute atomic E-state index is 0.580. The Labute approximate surface area is 67.4 Å². The molecule has 1 aliphatic carbocycles. The van der Waals surface area contributed by atoms with Gasteiger partial charge >= 0.3 is 0 Å². The van der Waals surface area contributed by atoms with Crippen molar-refractivity contribution in [3.05, 3.63) is 0 Å². The third-order valence-electron chi connectivity index (χ3n) is 2.07. The highest BCUT2D eigenvalue weighted by Gasteiger charge is 2.20. The van der Waals surface area contributed by atoms with E-state index >= 15 is 0 Å². The Balaban J connectivity index is 2.30. The topological polar surface area (TPSA) is 0 Å². The van der Waals surface area contributed by atoms with E-state index in [2.05, 4.69) is 12.6 Å². The largest absolute Gasteiger partial charge is 0.176 e. The quantitative estimate of drug-likeness (QED) is 0.447. The van der Waals surface area contributed by atoms with Gasteiger partial charge in [-0.2, -0.15) is 12.6 Å². The Morgan fingerprint density at radius 3 is 2.44 bits per heavy atom. The highest BCUT2D eigenvalue weighted by atomic mass is 35.5. The molecule has 9 heavy (non-hydrogen) atoms. The highest BCUT2D eigenvalue weighted by Crippen LogP contribution is 2.28. The molecule has 0 amide bonds. The number of halogens is 1. The first kappa shape index (κ1) is 7.74. The maximum absolute atomic E-state index is 5.73. The third kappa shape index (κ3) is 2.05. The van der Waals surface area contributed by atoms with E-state index in [0.29, 0.717) is 11.2 Å². The Morgan fingerprint density at radius 2 is 2.00 bits per heavy atom. The van der Waals surface area contributed by atoms with E-state index < -0.39 is 0 Å². The maximum Gasteiger partial charge on any atom is 0.0262 e. The lowest BCUT2D eigenvalue weighted by molar-refractivity contribution is 0.403. The van der Waals surface area contributed by atoms with Crippen molar-refractivity contribution in [2.75, 3.05) is 5.88 Å². The van der Waals surface area contributed by atoms with E-state index in [1.54, 1.807) is 0 Å². The molecule has 0 saturated heterocycles. The van der Waals surface area contributed by atoms with Gasteiger partial charge in [0.15, 0.2) is 0 Å². The molecule has 1 rings (SSSR count). The summed E-state index contributed by atoms with van der Waals surface area (Å²) >= 11 is 10.2. The van der Waals surface area contributed by atoms with Crippen molar-refractivity contribution < 1.29 is 0 Å². The second kappa shape index (κ2) is 3.72. The molecule has 0 unspecified atom stereocenters. The van der Waals surface area contributed by atoms with Gasteiger partial charge in [0, 0.05) is 11.1 Å². The van der Waals surface area contributed by atoms with Crippen LogP contribution in [0.5, 0.6) is 0 Å². The van der Waals surface area contributed by atoms with Crippen LogP contribution in [0.4, 0.5) is 0 Å². The summed E-state index contributed by atoms with van der Waals surface area (Å²) in [5, 5.41) is 0.580. The molecule has 0 spiro atoms. The molecule has 1 saturated carbocycles. The van der Waals surface area contributed by atoms with Crippen LogP contribution < -0.4 is 0 Å². The first-order chi connectivity index (χ1) is 4.34. The summed E-state index contributed by atoms with van der Waals surface area (Å²) in [5.74, 6) is 1.48. The fourth-order valence-electron chi connectivity index (χ4n) is 1.37. The number of alkyl halides is 1. The first-order valence-corrected chi connectivity index (χ1v) is 4.63. The predicted octanol–water partition coefficient (Wildman–Crippen LogP) is 2.71. The summed E-state index contributed by atoms with van der Waals surface area (Å²) in [6, 6.07) is 0. The summed E-state index contributed by atoms with van der Waals surface area (Å²) in [7, 11) is 0. The number of hydrogen-bond donors (Lipinski definition) is 1. The van der Waals surface area contributed by atoms with Crippen LogP contribution in [0.2, 0.25) is 0 Å². The van der Waals surface area contributed by atoms with Gasteiger partial charge < -0.3 is 0 Å². The average molecular weight is 165 g/mol. The fourth-order valence-corrected chi connectivity index (χ4v) is 2.30. The van der Waals surface area contributed by atoms with Crippen molar-refractivity contribution >= 4 is 24.2 Å². The van der Waals surface area contributed by atoms with Gasteiger partial charge in [0.2, 0.25) is 0 Å². The Morgan fingerprint density at radius 1 is 1.33 bits per heavy atom. The lowest BCUT2D eigenvalue weighted by atomic mass is 9.90. The normalized spacial score (nSPS) is 36.7. The van der Waals surface area contributed by atoms with Crippen LogP contribution >= 0.6 is 24.2 Å². The van der Waals surface area contributed by atoms with E-state index in [4.69, 9.17) is 11.6 Å². The lowest BCUT2D eigenvalue weighted by Gasteiger charge is -2.25. The molecule has 0 aliphatic heterocycles. The standard InChI is InChI=1S/C7H13ClS/c8-5-6-3-1-2-4-7(6)9/h6-7,9H,1-5H2/t6-,7-/m0/s1. The van der Waals surface area contributed by atoms with Crippen LogP contribution in [-0.2, 0) is 0 Å². The zero-order valence-electron chi connectivity index (χ0n) is 5.52. The Kier molecular flexibility index (Phi) is 3.20. The summed E-state index contributed by atoms with van der Waals surface area (Å²) in [4.78, 5) is 0. The van der Waals surface area contributed by atoms with Crippen LogP contribution in [0.15, 0.2) is 0 Å². The zero-order chi connectivity index (χ0) is 6.69. The molecule has 54 valence electrons. The van der Waals surface area contributed by atoms with Gasteiger partial charge in [-0.05, 0) is 18.8 Å². The van der Waals surface area contributed by atoms with Crippen LogP contribution in [-0.4, -0.2) is 11.1 Å². The van der Waals surface area contributed by atoms with Crippen molar-refractivity contribution in [1.29, 1.82) is 0 Å². The van der Waals surface area contributed by atoms with Gasteiger partial charge in [0.05, 0.1) is 0 Å². The van der Waals surface area contributed by atoms with Gasteiger partial charge in [-0.1, -0.05) is 12.8 Å². The minimum Gasteiger partial charge on any atom is -0.176 e. The first-order valence-electron chi connectivity index (χ1n) is 3.58.